The Kier molecular flexibility index (Phi) is 8.10. The minimum atomic E-state index is -0.931. The lowest BCUT2D eigenvalue weighted by atomic mass is 10.2. The van der Waals surface area contributed by atoms with Gasteiger partial charge in [0.2, 0.25) is 5.91 Å². The molecule has 2 aromatic heterocycles. The van der Waals surface area contributed by atoms with Crippen molar-refractivity contribution in [3.8, 4) is 0 Å². The van der Waals surface area contributed by atoms with E-state index in [-0.39, 0.29) is 28.2 Å². The number of hydrogen-bond acceptors (Lipinski definition) is 8. The quantitative estimate of drug-likeness (QED) is 0.121. The predicted octanol–water partition coefficient (Wildman–Crippen LogP) is 6.62. The molecule has 0 spiro atoms. The van der Waals surface area contributed by atoms with Crippen LogP contribution in [0.2, 0.25) is 10.0 Å². The molecule has 2 heterocycles. The van der Waals surface area contributed by atoms with Crippen molar-refractivity contribution in [2.45, 2.75) is 22.9 Å². The van der Waals surface area contributed by atoms with Crippen LogP contribution in [-0.4, -0.2) is 36.8 Å². The van der Waals surface area contributed by atoms with E-state index in [0.717, 1.165) is 17.8 Å². The number of carbonyl (C=O) groups excluding carboxylic acids is 1. The van der Waals surface area contributed by atoms with Crippen LogP contribution in [0.4, 0.5) is 21.6 Å². The van der Waals surface area contributed by atoms with Gasteiger partial charge in [0, 0.05) is 17.3 Å². The van der Waals surface area contributed by atoms with Gasteiger partial charge >= 0.3 is 5.97 Å². The van der Waals surface area contributed by atoms with Gasteiger partial charge in [0.1, 0.15) is 29.8 Å². The number of anilines is 3. The SMILES string of the molecule is CC(Sc1cn(CC(=O)Nc2ccc3ncnc(Nc4cc(Cl)c(Cl)cc4F)c3c2)c(=S)s1)C(=O)O. The molecule has 1 unspecified atom stereocenters. The zero-order valence-electron chi connectivity index (χ0n) is 18.3. The fourth-order valence-electron chi connectivity index (χ4n) is 3.08. The smallest absolute Gasteiger partial charge is 0.316 e. The van der Waals surface area contributed by atoms with Gasteiger partial charge in [0.05, 0.1) is 25.5 Å². The second-order valence-electron chi connectivity index (χ2n) is 7.42. The molecule has 4 aromatic rings. The Balaban J connectivity index is 1.53. The summed E-state index contributed by atoms with van der Waals surface area (Å²) in [5.74, 6) is -1.57. The number of carboxylic acid groups (broad SMARTS) is 1. The molecule has 0 saturated heterocycles. The van der Waals surface area contributed by atoms with E-state index in [1.807, 2.05) is 0 Å². The Labute approximate surface area is 227 Å². The third-order valence-electron chi connectivity index (χ3n) is 4.82. The lowest BCUT2D eigenvalue weighted by Crippen LogP contribution is -2.18. The number of amides is 1. The van der Waals surface area contributed by atoms with Gasteiger partial charge in [0.15, 0.2) is 3.95 Å². The predicted molar refractivity (Wildman–Crippen MR) is 144 cm³/mol. The average Bonchev–Trinajstić information content (AvgIpc) is 3.15. The van der Waals surface area contributed by atoms with Gasteiger partial charge in [-0.3, -0.25) is 9.59 Å². The lowest BCUT2D eigenvalue weighted by Gasteiger charge is -2.12. The number of carbonyl (C=O) groups is 2. The molecular formula is C22H16Cl2FN5O3S3. The van der Waals surface area contributed by atoms with Crippen molar-refractivity contribution >= 4 is 98.5 Å². The molecule has 0 radical (unpaired) electrons. The number of carboxylic acids is 1. The summed E-state index contributed by atoms with van der Waals surface area (Å²) in [5, 5.41) is 14.9. The standard InChI is InChI=1S/C22H16Cl2FN5O3S3/c1-10(21(32)33)35-19-8-30(22(34)36-19)7-18(31)28-11-2-3-16-12(4-11)20(27-9-26-16)29-17-6-14(24)13(23)5-15(17)25/h2-6,8-10H,7H2,1H3,(H,28,31)(H,32,33)(H,26,27,29). The van der Waals surface area contributed by atoms with E-state index >= 15 is 0 Å². The molecule has 36 heavy (non-hydrogen) atoms. The molecule has 1 amide bonds. The molecule has 0 aliphatic heterocycles. The number of halogens is 3. The monoisotopic (exact) mass is 583 g/mol. The van der Waals surface area contributed by atoms with Crippen LogP contribution in [0.5, 0.6) is 0 Å². The number of fused-ring (bicyclic) bond motifs is 1. The number of aromatic nitrogens is 3. The van der Waals surface area contributed by atoms with Gasteiger partial charge in [-0.15, -0.1) is 0 Å². The first-order chi connectivity index (χ1) is 17.1. The van der Waals surface area contributed by atoms with E-state index in [2.05, 4.69) is 20.6 Å². The first-order valence-corrected chi connectivity index (χ1v) is 13.0. The van der Waals surface area contributed by atoms with Gasteiger partial charge in [-0.05, 0) is 49.5 Å². The molecule has 3 N–H and O–H groups in total. The number of benzene rings is 2. The average molecular weight is 585 g/mol. The van der Waals surface area contributed by atoms with Crippen LogP contribution >= 0.6 is 58.5 Å². The van der Waals surface area contributed by atoms with Crippen LogP contribution in [0, 0.1) is 9.77 Å². The van der Waals surface area contributed by atoms with Gasteiger partial charge in [-0.25, -0.2) is 14.4 Å². The first-order valence-electron chi connectivity index (χ1n) is 10.2. The van der Waals surface area contributed by atoms with E-state index in [1.54, 1.807) is 35.9 Å². The Hall–Kier alpha value is -2.77. The Bertz CT molecular complexity index is 1550. The number of nitrogens with zero attached hydrogens (tertiary/aromatic N) is 3. The van der Waals surface area contributed by atoms with Gasteiger partial charge < -0.3 is 20.3 Å². The maximum Gasteiger partial charge on any atom is 0.316 e. The van der Waals surface area contributed by atoms with Gasteiger partial charge in [-0.2, -0.15) is 0 Å². The maximum absolute atomic E-state index is 14.4. The normalized spacial score (nSPS) is 11.9. The van der Waals surface area contributed by atoms with Crippen molar-refractivity contribution in [3.05, 3.63) is 62.7 Å². The molecule has 0 aliphatic rings. The van der Waals surface area contributed by atoms with E-state index in [9.17, 15) is 14.0 Å². The second kappa shape index (κ2) is 11.1. The zero-order valence-corrected chi connectivity index (χ0v) is 22.3. The van der Waals surface area contributed by atoms with E-state index in [1.165, 1.54) is 23.7 Å². The number of thioether (sulfide) groups is 1. The van der Waals surface area contributed by atoms with Crippen molar-refractivity contribution in [1.82, 2.24) is 14.5 Å². The van der Waals surface area contributed by atoms with Crippen molar-refractivity contribution in [2.24, 2.45) is 0 Å². The van der Waals surface area contributed by atoms with Gasteiger partial charge in [-0.1, -0.05) is 46.3 Å². The van der Waals surface area contributed by atoms with Crippen LogP contribution in [0.15, 0.2) is 47.1 Å². The lowest BCUT2D eigenvalue weighted by molar-refractivity contribution is -0.136. The summed E-state index contributed by atoms with van der Waals surface area (Å²) < 4.78 is 17.1. The highest BCUT2D eigenvalue weighted by Crippen LogP contribution is 2.32. The van der Waals surface area contributed by atoms with Crippen LogP contribution in [0.3, 0.4) is 0 Å². The van der Waals surface area contributed by atoms with Gasteiger partial charge in [0.25, 0.3) is 0 Å². The summed E-state index contributed by atoms with van der Waals surface area (Å²) in [6.45, 7) is 1.52. The number of rotatable bonds is 8. The molecule has 0 saturated carbocycles. The highest BCUT2D eigenvalue weighted by Gasteiger charge is 2.16. The first kappa shape index (κ1) is 26.3. The minimum absolute atomic E-state index is 0.0553. The molecule has 1 atom stereocenters. The topological polar surface area (TPSA) is 109 Å². The van der Waals surface area contributed by atoms with Crippen molar-refractivity contribution in [3.63, 3.8) is 0 Å². The number of thiazole rings is 1. The molecule has 8 nitrogen and oxygen atoms in total. The summed E-state index contributed by atoms with van der Waals surface area (Å²) in [5.41, 5.74) is 1.12. The maximum atomic E-state index is 14.4. The van der Waals surface area contributed by atoms with Crippen molar-refractivity contribution in [1.29, 1.82) is 0 Å². The van der Waals surface area contributed by atoms with E-state index in [0.29, 0.717) is 30.6 Å². The van der Waals surface area contributed by atoms with Crippen LogP contribution in [-0.2, 0) is 16.1 Å². The number of aliphatic carboxylic acids is 1. The third kappa shape index (κ3) is 6.13. The molecule has 4 rings (SSSR count). The fraction of sp³-hybridized carbons (Fsp3) is 0.136. The highest BCUT2D eigenvalue weighted by atomic mass is 35.5. The Morgan fingerprint density at radius 1 is 1.25 bits per heavy atom. The van der Waals surface area contributed by atoms with Crippen molar-refractivity contribution in [2.75, 3.05) is 10.6 Å². The minimum Gasteiger partial charge on any atom is -0.480 e. The highest BCUT2D eigenvalue weighted by molar-refractivity contribution is 8.02. The Morgan fingerprint density at radius 2 is 2.00 bits per heavy atom. The molecular weight excluding hydrogens is 568 g/mol. The molecule has 0 bridgehead atoms. The van der Waals surface area contributed by atoms with E-state index in [4.69, 9.17) is 40.5 Å². The third-order valence-corrected chi connectivity index (χ3v) is 8.17. The molecule has 2 aromatic carbocycles. The zero-order chi connectivity index (χ0) is 26.0. The van der Waals surface area contributed by atoms with Crippen molar-refractivity contribution < 1.29 is 19.1 Å². The molecule has 186 valence electrons. The fourth-order valence-corrected chi connectivity index (χ4v) is 6.02. The summed E-state index contributed by atoms with van der Waals surface area (Å²) in [7, 11) is 0. The number of nitrogens with one attached hydrogen (secondary N) is 2. The molecule has 0 fully saturated rings. The van der Waals surface area contributed by atoms with Crippen LogP contribution in [0.25, 0.3) is 10.9 Å². The summed E-state index contributed by atoms with van der Waals surface area (Å²) in [6, 6.07) is 7.49. The van der Waals surface area contributed by atoms with E-state index < -0.39 is 17.0 Å². The Morgan fingerprint density at radius 3 is 2.75 bits per heavy atom. The summed E-state index contributed by atoms with van der Waals surface area (Å²) in [6.07, 6.45) is 3.00. The van der Waals surface area contributed by atoms with Crippen LogP contribution in [0.1, 0.15) is 6.92 Å². The largest absolute Gasteiger partial charge is 0.480 e. The van der Waals surface area contributed by atoms with Crippen LogP contribution < -0.4 is 10.6 Å². The second-order valence-corrected chi connectivity index (χ2v) is 11.5. The molecule has 0 aliphatic carbocycles. The summed E-state index contributed by atoms with van der Waals surface area (Å²) in [4.78, 5) is 32.2. The molecule has 14 heteroatoms. The summed E-state index contributed by atoms with van der Waals surface area (Å²) >= 11 is 19.6. The number of hydrogen-bond donors (Lipinski definition) is 3.